The van der Waals surface area contributed by atoms with E-state index in [0.29, 0.717) is 6.42 Å². The van der Waals surface area contributed by atoms with E-state index in [0.717, 1.165) is 0 Å². The average molecular weight is 302 g/mol. The molecule has 3 atom stereocenters. The Morgan fingerprint density at radius 1 is 1.19 bits per heavy atom. The van der Waals surface area contributed by atoms with E-state index < -0.39 is 34.8 Å². The number of carboxylic acid groups (broad SMARTS) is 1. The molecule has 0 amide bonds. The Kier molecular flexibility index (Phi) is 6.86. The van der Waals surface area contributed by atoms with Gasteiger partial charge in [0.1, 0.15) is 6.10 Å². The molecule has 3 unspecified atom stereocenters. The lowest BCUT2D eigenvalue weighted by molar-refractivity contribution is -0.164. The average Bonchev–Trinajstić information content (AvgIpc) is 2.35. The summed E-state index contributed by atoms with van der Waals surface area (Å²) >= 11 is 0. The fourth-order valence-electron chi connectivity index (χ4n) is 2.65. The maximum absolute atomic E-state index is 12.1. The maximum Gasteiger partial charge on any atom is 0.311 e. The van der Waals surface area contributed by atoms with E-state index in [1.165, 1.54) is 14.0 Å². The Morgan fingerprint density at radius 3 is 2.05 bits per heavy atom. The maximum atomic E-state index is 12.1. The van der Waals surface area contributed by atoms with Gasteiger partial charge in [-0.15, -0.1) is 0 Å². The van der Waals surface area contributed by atoms with Crippen LogP contribution in [0, 0.1) is 10.8 Å². The van der Waals surface area contributed by atoms with Gasteiger partial charge >= 0.3 is 17.9 Å². The number of carbonyl (C=O) groups excluding carboxylic acids is 2. The topological polar surface area (TPSA) is 89.9 Å². The first-order chi connectivity index (χ1) is 9.50. The number of carboxylic acids is 1. The van der Waals surface area contributed by atoms with Crippen molar-refractivity contribution in [3.05, 3.63) is 0 Å². The first kappa shape index (κ1) is 19.4. The summed E-state index contributed by atoms with van der Waals surface area (Å²) in [5, 5.41) is 9.39. The van der Waals surface area contributed by atoms with Crippen molar-refractivity contribution in [3.63, 3.8) is 0 Å². The zero-order valence-electron chi connectivity index (χ0n) is 13.7. The number of ether oxygens (including phenoxy) is 2. The van der Waals surface area contributed by atoms with Crippen LogP contribution in [0.15, 0.2) is 0 Å². The Morgan fingerprint density at radius 2 is 1.71 bits per heavy atom. The van der Waals surface area contributed by atoms with E-state index in [1.54, 1.807) is 27.7 Å². The molecule has 21 heavy (non-hydrogen) atoms. The van der Waals surface area contributed by atoms with Crippen LogP contribution in [0.3, 0.4) is 0 Å². The fourth-order valence-corrected chi connectivity index (χ4v) is 2.65. The molecule has 0 bridgehead atoms. The highest BCUT2D eigenvalue weighted by Gasteiger charge is 2.45. The van der Waals surface area contributed by atoms with Gasteiger partial charge in [-0.1, -0.05) is 6.92 Å². The van der Waals surface area contributed by atoms with Gasteiger partial charge in [-0.3, -0.25) is 14.4 Å². The molecule has 0 aromatic carbocycles. The highest BCUT2D eigenvalue weighted by molar-refractivity contribution is 5.79. The molecular weight excluding hydrogens is 276 g/mol. The summed E-state index contributed by atoms with van der Waals surface area (Å²) in [5.41, 5.74) is -2.08. The molecule has 0 fully saturated rings. The SMILES string of the molecule is CCC(C)(CC(C)(CC(C)OC(C)=O)C(=O)OC)C(=O)O. The second-order valence-corrected chi connectivity index (χ2v) is 6.07. The standard InChI is InChI=1S/C15H26O6/c1-7-14(4,12(17)18)9-15(5,13(19)20-6)8-10(2)21-11(3)16/h10H,7-9H2,1-6H3,(H,17,18). The van der Waals surface area contributed by atoms with E-state index in [-0.39, 0.29) is 12.8 Å². The second-order valence-electron chi connectivity index (χ2n) is 6.07. The molecule has 0 spiro atoms. The predicted molar refractivity (Wildman–Crippen MR) is 76.6 cm³/mol. The van der Waals surface area contributed by atoms with Crippen molar-refractivity contribution < 1.29 is 29.0 Å². The summed E-state index contributed by atoms with van der Waals surface area (Å²) < 4.78 is 9.87. The minimum atomic E-state index is -1.04. The molecule has 0 saturated carbocycles. The molecule has 1 N–H and O–H groups in total. The Bertz CT molecular complexity index is 405. The molecule has 0 aromatic heterocycles. The minimum Gasteiger partial charge on any atom is -0.481 e. The molecular formula is C15H26O6. The van der Waals surface area contributed by atoms with Gasteiger partial charge < -0.3 is 14.6 Å². The summed E-state index contributed by atoms with van der Waals surface area (Å²) in [6.45, 7) is 7.98. The molecule has 0 aliphatic carbocycles. The Hall–Kier alpha value is -1.59. The van der Waals surface area contributed by atoms with Gasteiger partial charge in [0, 0.05) is 6.92 Å². The summed E-state index contributed by atoms with van der Waals surface area (Å²) in [4.78, 5) is 34.6. The van der Waals surface area contributed by atoms with Crippen LogP contribution in [0.2, 0.25) is 0 Å². The van der Waals surface area contributed by atoms with E-state index >= 15 is 0 Å². The number of aliphatic carboxylic acids is 1. The van der Waals surface area contributed by atoms with Gasteiger partial charge in [0.2, 0.25) is 0 Å². The van der Waals surface area contributed by atoms with Crippen molar-refractivity contribution in [1.29, 1.82) is 0 Å². The van der Waals surface area contributed by atoms with Crippen LogP contribution in [-0.4, -0.2) is 36.2 Å². The van der Waals surface area contributed by atoms with Gasteiger partial charge in [-0.2, -0.15) is 0 Å². The van der Waals surface area contributed by atoms with Gasteiger partial charge in [-0.05, 0) is 40.0 Å². The zero-order valence-corrected chi connectivity index (χ0v) is 13.7. The fraction of sp³-hybridized carbons (Fsp3) is 0.800. The highest BCUT2D eigenvalue weighted by Crippen LogP contribution is 2.41. The van der Waals surface area contributed by atoms with E-state index in [1.807, 2.05) is 0 Å². The third kappa shape index (κ3) is 5.36. The van der Waals surface area contributed by atoms with Gasteiger partial charge in [0.25, 0.3) is 0 Å². The van der Waals surface area contributed by atoms with E-state index in [9.17, 15) is 19.5 Å². The smallest absolute Gasteiger partial charge is 0.311 e. The van der Waals surface area contributed by atoms with Gasteiger partial charge in [-0.25, -0.2) is 0 Å². The van der Waals surface area contributed by atoms with Crippen molar-refractivity contribution >= 4 is 17.9 Å². The van der Waals surface area contributed by atoms with E-state index in [2.05, 4.69) is 0 Å². The lowest BCUT2D eigenvalue weighted by Crippen LogP contribution is -2.41. The minimum absolute atomic E-state index is 0.115. The number of rotatable bonds is 8. The molecule has 6 heteroatoms. The quantitative estimate of drug-likeness (QED) is 0.692. The number of carbonyl (C=O) groups is 3. The lowest BCUT2D eigenvalue weighted by atomic mass is 9.69. The summed E-state index contributed by atoms with van der Waals surface area (Å²) in [5.74, 6) is -1.89. The van der Waals surface area contributed by atoms with Crippen LogP contribution in [-0.2, 0) is 23.9 Å². The normalized spacial score (nSPS) is 18.0. The lowest BCUT2D eigenvalue weighted by Gasteiger charge is -2.35. The number of esters is 2. The summed E-state index contributed by atoms with van der Waals surface area (Å²) in [7, 11) is 1.27. The highest BCUT2D eigenvalue weighted by atomic mass is 16.5. The van der Waals surface area contributed by atoms with Crippen molar-refractivity contribution in [1.82, 2.24) is 0 Å². The second kappa shape index (κ2) is 7.43. The molecule has 0 rings (SSSR count). The first-order valence-electron chi connectivity index (χ1n) is 7.00. The number of methoxy groups -OCH3 is 1. The molecule has 0 aromatic rings. The van der Waals surface area contributed by atoms with Gasteiger partial charge in [0.15, 0.2) is 0 Å². The van der Waals surface area contributed by atoms with Crippen molar-refractivity contribution in [2.75, 3.05) is 7.11 Å². The Labute approximate surface area is 125 Å². The van der Waals surface area contributed by atoms with E-state index in [4.69, 9.17) is 9.47 Å². The van der Waals surface area contributed by atoms with Crippen LogP contribution in [0.4, 0.5) is 0 Å². The summed E-state index contributed by atoms with van der Waals surface area (Å²) in [6, 6.07) is 0. The van der Waals surface area contributed by atoms with Crippen molar-refractivity contribution in [2.45, 2.75) is 60.0 Å². The molecule has 0 aliphatic rings. The predicted octanol–water partition coefficient (Wildman–Crippen LogP) is 2.40. The van der Waals surface area contributed by atoms with Gasteiger partial charge in [0.05, 0.1) is 17.9 Å². The van der Waals surface area contributed by atoms with Crippen LogP contribution >= 0.6 is 0 Å². The molecule has 122 valence electrons. The van der Waals surface area contributed by atoms with Crippen LogP contribution in [0.5, 0.6) is 0 Å². The van der Waals surface area contributed by atoms with Crippen molar-refractivity contribution in [2.24, 2.45) is 10.8 Å². The monoisotopic (exact) mass is 302 g/mol. The van der Waals surface area contributed by atoms with Crippen LogP contribution in [0.25, 0.3) is 0 Å². The molecule has 0 heterocycles. The Balaban J connectivity index is 5.31. The van der Waals surface area contributed by atoms with Crippen LogP contribution < -0.4 is 0 Å². The summed E-state index contributed by atoms with van der Waals surface area (Å²) in [6.07, 6.45) is 0.213. The number of hydrogen-bond donors (Lipinski definition) is 1. The first-order valence-corrected chi connectivity index (χ1v) is 7.00. The third-order valence-electron chi connectivity index (χ3n) is 3.86. The molecule has 0 radical (unpaired) electrons. The molecule has 0 saturated heterocycles. The molecule has 6 nitrogen and oxygen atoms in total. The number of hydrogen-bond acceptors (Lipinski definition) is 5. The third-order valence-corrected chi connectivity index (χ3v) is 3.86. The van der Waals surface area contributed by atoms with Crippen LogP contribution in [0.1, 0.15) is 53.9 Å². The van der Waals surface area contributed by atoms with Crippen molar-refractivity contribution in [3.8, 4) is 0 Å². The zero-order chi connectivity index (χ0) is 16.8. The largest absolute Gasteiger partial charge is 0.481 e. The molecule has 0 aliphatic heterocycles.